The average molecular weight is 241 g/mol. The van der Waals surface area contributed by atoms with Crippen LogP contribution in [0.5, 0.6) is 0 Å². The van der Waals surface area contributed by atoms with Crippen LogP contribution in [0.15, 0.2) is 36.9 Å². The van der Waals surface area contributed by atoms with Crippen molar-refractivity contribution < 1.29 is 0 Å². The van der Waals surface area contributed by atoms with Gasteiger partial charge in [-0.3, -0.25) is 0 Å². The first kappa shape index (κ1) is 11.0. The smallest absolute Gasteiger partial charge is 0.137 e. The van der Waals surface area contributed by atoms with Crippen molar-refractivity contribution >= 4 is 5.65 Å². The molecule has 0 saturated heterocycles. The minimum atomic E-state index is 0.622. The molecule has 3 rings (SSSR count). The van der Waals surface area contributed by atoms with E-state index in [1.165, 1.54) is 0 Å². The highest BCUT2D eigenvalue weighted by Gasteiger charge is 2.04. The SMILES string of the molecule is Cc1nccn1-c1ccc2nc(CCN)cn2c1. The van der Waals surface area contributed by atoms with Crippen LogP contribution < -0.4 is 5.73 Å². The van der Waals surface area contributed by atoms with Gasteiger partial charge in [-0.25, -0.2) is 9.97 Å². The van der Waals surface area contributed by atoms with Gasteiger partial charge in [-0.15, -0.1) is 0 Å². The summed E-state index contributed by atoms with van der Waals surface area (Å²) in [6, 6.07) is 4.05. The van der Waals surface area contributed by atoms with Gasteiger partial charge in [0.05, 0.1) is 11.4 Å². The van der Waals surface area contributed by atoms with Crippen molar-refractivity contribution in [1.82, 2.24) is 18.9 Å². The largest absolute Gasteiger partial charge is 0.330 e. The number of nitrogens with zero attached hydrogens (tertiary/aromatic N) is 4. The Labute approximate surface area is 105 Å². The predicted molar refractivity (Wildman–Crippen MR) is 69.8 cm³/mol. The average Bonchev–Trinajstić information content (AvgIpc) is 2.94. The number of imidazole rings is 2. The molecule has 0 aromatic carbocycles. The molecule has 3 aromatic rings. The molecular weight excluding hydrogens is 226 g/mol. The summed E-state index contributed by atoms with van der Waals surface area (Å²) in [4.78, 5) is 8.73. The second-order valence-electron chi connectivity index (χ2n) is 4.27. The van der Waals surface area contributed by atoms with Crippen LogP contribution in [0, 0.1) is 6.92 Å². The third-order valence-corrected chi connectivity index (χ3v) is 2.99. The van der Waals surface area contributed by atoms with Crippen LogP contribution in [0.2, 0.25) is 0 Å². The maximum Gasteiger partial charge on any atom is 0.137 e. The Bertz CT molecular complexity index is 680. The first-order chi connectivity index (χ1) is 8.78. The molecule has 3 aromatic heterocycles. The molecule has 0 spiro atoms. The Hall–Kier alpha value is -2.14. The highest BCUT2D eigenvalue weighted by Crippen LogP contribution is 2.13. The maximum absolute atomic E-state index is 5.55. The Balaban J connectivity index is 2.08. The van der Waals surface area contributed by atoms with Crippen molar-refractivity contribution in [2.24, 2.45) is 5.73 Å². The fourth-order valence-corrected chi connectivity index (χ4v) is 2.09. The highest BCUT2D eigenvalue weighted by molar-refractivity contribution is 5.46. The first-order valence-electron chi connectivity index (χ1n) is 5.96. The van der Waals surface area contributed by atoms with Gasteiger partial charge in [0.2, 0.25) is 0 Å². The molecule has 5 heteroatoms. The number of nitrogens with two attached hydrogens (primary N) is 1. The predicted octanol–water partition coefficient (Wildman–Crippen LogP) is 1.33. The molecule has 0 aliphatic carbocycles. The minimum absolute atomic E-state index is 0.622. The van der Waals surface area contributed by atoms with Gasteiger partial charge < -0.3 is 14.7 Å². The first-order valence-corrected chi connectivity index (χ1v) is 5.96. The van der Waals surface area contributed by atoms with Gasteiger partial charge in [0.1, 0.15) is 11.5 Å². The minimum Gasteiger partial charge on any atom is -0.330 e. The van der Waals surface area contributed by atoms with E-state index in [2.05, 4.69) is 16.2 Å². The monoisotopic (exact) mass is 241 g/mol. The Kier molecular flexibility index (Phi) is 2.60. The molecule has 5 nitrogen and oxygen atoms in total. The topological polar surface area (TPSA) is 61.1 Å². The molecule has 0 bridgehead atoms. The molecule has 18 heavy (non-hydrogen) atoms. The summed E-state index contributed by atoms with van der Waals surface area (Å²) in [7, 11) is 0. The summed E-state index contributed by atoms with van der Waals surface area (Å²) < 4.78 is 4.07. The van der Waals surface area contributed by atoms with E-state index in [1.807, 2.05) is 40.4 Å². The van der Waals surface area contributed by atoms with Gasteiger partial charge in [-0.1, -0.05) is 0 Å². The number of hydrogen-bond acceptors (Lipinski definition) is 3. The Morgan fingerprint density at radius 2 is 2.17 bits per heavy atom. The van der Waals surface area contributed by atoms with Crippen molar-refractivity contribution in [3.63, 3.8) is 0 Å². The molecule has 2 N–H and O–H groups in total. The van der Waals surface area contributed by atoms with E-state index < -0.39 is 0 Å². The normalized spacial score (nSPS) is 11.2. The lowest BCUT2D eigenvalue weighted by atomic mass is 10.3. The van der Waals surface area contributed by atoms with Crippen LogP contribution in [0.3, 0.4) is 0 Å². The van der Waals surface area contributed by atoms with Crippen LogP contribution >= 0.6 is 0 Å². The van der Waals surface area contributed by atoms with E-state index in [1.54, 1.807) is 6.20 Å². The third kappa shape index (κ3) is 1.78. The van der Waals surface area contributed by atoms with Gasteiger partial charge in [0, 0.05) is 31.2 Å². The van der Waals surface area contributed by atoms with Crippen LogP contribution in [-0.4, -0.2) is 25.5 Å². The lowest BCUT2D eigenvalue weighted by Crippen LogP contribution is -2.02. The molecular formula is C13H15N5. The maximum atomic E-state index is 5.55. The molecule has 0 aliphatic heterocycles. The quantitative estimate of drug-likeness (QED) is 0.752. The zero-order valence-electron chi connectivity index (χ0n) is 10.2. The molecule has 0 saturated carbocycles. The summed E-state index contributed by atoms with van der Waals surface area (Å²) in [5, 5.41) is 0. The van der Waals surface area contributed by atoms with Gasteiger partial charge in [-0.05, 0) is 25.6 Å². The second-order valence-corrected chi connectivity index (χ2v) is 4.27. The van der Waals surface area contributed by atoms with Crippen LogP contribution in [0.4, 0.5) is 0 Å². The fraction of sp³-hybridized carbons (Fsp3) is 0.231. The summed E-state index contributed by atoms with van der Waals surface area (Å²) in [6.45, 7) is 2.61. The second kappa shape index (κ2) is 4.27. The summed E-state index contributed by atoms with van der Waals surface area (Å²) >= 11 is 0. The van der Waals surface area contributed by atoms with Crippen LogP contribution in [0.1, 0.15) is 11.5 Å². The highest BCUT2D eigenvalue weighted by atomic mass is 15.1. The molecule has 0 aliphatic rings. The standard InChI is InChI=1S/C13H15N5/c1-10-15-6-7-18(10)12-2-3-13-16-11(4-5-14)8-17(13)9-12/h2-3,6-9H,4-5,14H2,1H3. The summed E-state index contributed by atoms with van der Waals surface area (Å²) in [5.41, 5.74) is 8.60. The zero-order valence-corrected chi connectivity index (χ0v) is 10.2. The summed E-state index contributed by atoms with van der Waals surface area (Å²) in [5.74, 6) is 0.969. The van der Waals surface area contributed by atoms with E-state index in [0.717, 1.165) is 29.3 Å². The Morgan fingerprint density at radius 1 is 1.28 bits per heavy atom. The van der Waals surface area contributed by atoms with E-state index in [0.29, 0.717) is 6.54 Å². The molecule has 0 amide bonds. The van der Waals surface area contributed by atoms with E-state index >= 15 is 0 Å². The van der Waals surface area contributed by atoms with Crippen molar-refractivity contribution in [3.8, 4) is 5.69 Å². The van der Waals surface area contributed by atoms with E-state index in [9.17, 15) is 0 Å². The van der Waals surface area contributed by atoms with Crippen LogP contribution in [-0.2, 0) is 6.42 Å². The van der Waals surface area contributed by atoms with Gasteiger partial charge >= 0.3 is 0 Å². The number of fused-ring (bicyclic) bond motifs is 1. The van der Waals surface area contributed by atoms with Crippen molar-refractivity contribution in [3.05, 3.63) is 48.4 Å². The number of aromatic nitrogens is 4. The van der Waals surface area contributed by atoms with Gasteiger partial charge in [0.15, 0.2) is 0 Å². The molecule has 3 heterocycles. The number of rotatable bonds is 3. The number of pyridine rings is 1. The van der Waals surface area contributed by atoms with E-state index in [4.69, 9.17) is 5.73 Å². The Morgan fingerprint density at radius 3 is 2.89 bits per heavy atom. The molecule has 0 atom stereocenters. The third-order valence-electron chi connectivity index (χ3n) is 2.99. The lowest BCUT2D eigenvalue weighted by molar-refractivity contribution is 0.935. The molecule has 0 radical (unpaired) electrons. The van der Waals surface area contributed by atoms with E-state index in [-0.39, 0.29) is 0 Å². The fourth-order valence-electron chi connectivity index (χ4n) is 2.09. The van der Waals surface area contributed by atoms with Crippen molar-refractivity contribution in [2.45, 2.75) is 13.3 Å². The summed E-state index contributed by atoms with van der Waals surface area (Å²) in [6.07, 6.45) is 8.64. The van der Waals surface area contributed by atoms with Crippen LogP contribution in [0.25, 0.3) is 11.3 Å². The number of hydrogen-bond donors (Lipinski definition) is 1. The van der Waals surface area contributed by atoms with Gasteiger partial charge in [-0.2, -0.15) is 0 Å². The van der Waals surface area contributed by atoms with Gasteiger partial charge in [0.25, 0.3) is 0 Å². The number of aryl methyl sites for hydroxylation is 1. The molecule has 92 valence electrons. The van der Waals surface area contributed by atoms with Crippen molar-refractivity contribution in [2.75, 3.05) is 6.54 Å². The molecule has 0 fully saturated rings. The lowest BCUT2D eigenvalue weighted by Gasteiger charge is -2.05. The zero-order chi connectivity index (χ0) is 12.5. The van der Waals surface area contributed by atoms with Crippen molar-refractivity contribution in [1.29, 1.82) is 0 Å². The molecule has 0 unspecified atom stereocenters.